The van der Waals surface area contributed by atoms with Crippen molar-refractivity contribution < 1.29 is 9.59 Å². The molecule has 0 spiro atoms. The molecular weight excluding hydrogens is 324 g/mol. The summed E-state index contributed by atoms with van der Waals surface area (Å²) in [4.78, 5) is 28.6. The van der Waals surface area contributed by atoms with Gasteiger partial charge in [-0.2, -0.15) is 0 Å². The van der Waals surface area contributed by atoms with E-state index < -0.39 is 0 Å². The minimum atomic E-state index is 0.287. The minimum Gasteiger partial charge on any atom is -0.343 e. The van der Waals surface area contributed by atoms with E-state index in [1.807, 2.05) is 0 Å². The molecule has 0 aliphatic carbocycles. The fourth-order valence-corrected chi connectivity index (χ4v) is 4.54. The Hall–Kier alpha value is -0.900. The second-order valence-corrected chi connectivity index (χ2v) is 8.40. The number of rotatable bonds is 10. The number of carbonyl (C=O) groups is 2. The number of hydrogen-bond acceptors (Lipinski definition) is 3. The zero-order chi connectivity index (χ0) is 18.8. The zero-order valence-electron chi connectivity index (χ0n) is 17.2. The Kier molecular flexibility index (Phi) is 9.66. The van der Waals surface area contributed by atoms with Crippen LogP contribution in [-0.2, 0) is 9.59 Å². The lowest BCUT2D eigenvalue weighted by Crippen LogP contribution is -2.49. The molecule has 0 aromatic heterocycles. The average molecular weight is 365 g/mol. The monoisotopic (exact) mass is 364 g/mol. The Morgan fingerprint density at radius 3 is 1.96 bits per heavy atom. The molecule has 2 heterocycles. The van der Waals surface area contributed by atoms with Gasteiger partial charge in [0.1, 0.15) is 5.78 Å². The van der Waals surface area contributed by atoms with Gasteiger partial charge in [0.25, 0.3) is 0 Å². The van der Waals surface area contributed by atoms with Crippen LogP contribution in [-0.4, -0.2) is 53.7 Å². The number of hydrogen-bond donors (Lipinski definition) is 0. The van der Waals surface area contributed by atoms with Gasteiger partial charge in [0.15, 0.2) is 0 Å². The molecule has 0 saturated carbocycles. The van der Waals surface area contributed by atoms with E-state index in [1.165, 1.54) is 38.5 Å². The van der Waals surface area contributed by atoms with Crippen LogP contribution in [0.4, 0.5) is 0 Å². The predicted octanol–water partition coefficient (Wildman–Crippen LogP) is 4.42. The standard InChI is InChI=1S/C22H40N2O2/c1-3-4-5-6-7-8-9-10-22(26)24-17-13-21(14-18-24)23-15-11-20(12-16-23)19(2)25/h20-21H,3-18H2,1-2H3. The second kappa shape index (κ2) is 11.7. The van der Waals surface area contributed by atoms with Gasteiger partial charge in [0.05, 0.1) is 0 Å². The molecule has 0 radical (unpaired) electrons. The van der Waals surface area contributed by atoms with Gasteiger partial charge in [-0.3, -0.25) is 9.59 Å². The second-order valence-electron chi connectivity index (χ2n) is 8.40. The molecule has 1 amide bonds. The maximum absolute atomic E-state index is 12.4. The Bertz CT molecular complexity index is 422. The van der Waals surface area contributed by atoms with Gasteiger partial charge in [-0.1, -0.05) is 45.4 Å². The fourth-order valence-electron chi connectivity index (χ4n) is 4.54. The third-order valence-corrected chi connectivity index (χ3v) is 6.43. The lowest BCUT2D eigenvalue weighted by Gasteiger charge is -2.41. The van der Waals surface area contributed by atoms with Gasteiger partial charge in [-0.05, 0) is 52.1 Å². The minimum absolute atomic E-state index is 0.287. The first-order chi connectivity index (χ1) is 12.6. The number of amides is 1. The molecule has 0 aromatic carbocycles. The first-order valence-corrected chi connectivity index (χ1v) is 11.1. The zero-order valence-corrected chi connectivity index (χ0v) is 17.2. The number of likely N-dealkylation sites (tertiary alicyclic amines) is 2. The summed E-state index contributed by atoms with van der Waals surface area (Å²) in [5.74, 6) is 1.01. The predicted molar refractivity (Wildman–Crippen MR) is 107 cm³/mol. The van der Waals surface area contributed by atoms with Crippen molar-refractivity contribution in [3.05, 3.63) is 0 Å². The molecule has 2 aliphatic rings. The largest absolute Gasteiger partial charge is 0.343 e. The fraction of sp³-hybridized carbons (Fsp3) is 0.909. The molecule has 4 nitrogen and oxygen atoms in total. The van der Waals surface area contributed by atoms with Crippen molar-refractivity contribution in [1.29, 1.82) is 0 Å². The Morgan fingerprint density at radius 1 is 0.808 bits per heavy atom. The lowest BCUT2D eigenvalue weighted by atomic mass is 9.91. The summed E-state index contributed by atoms with van der Waals surface area (Å²) < 4.78 is 0. The maximum atomic E-state index is 12.4. The van der Waals surface area contributed by atoms with Crippen molar-refractivity contribution in [1.82, 2.24) is 9.80 Å². The van der Waals surface area contributed by atoms with Gasteiger partial charge in [0.2, 0.25) is 5.91 Å². The van der Waals surface area contributed by atoms with Gasteiger partial charge >= 0.3 is 0 Å². The third-order valence-electron chi connectivity index (χ3n) is 6.43. The molecule has 26 heavy (non-hydrogen) atoms. The van der Waals surface area contributed by atoms with Gasteiger partial charge in [-0.25, -0.2) is 0 Å². The summed E-state index contributed by atoms with van der Waals surface area (Å²) in [6, 6.07) is 0.616. The Morgan fingerprint density at radius 2 is 1.38 bits per heavy atom. The Labute approximate surface area is 160 Å². The van der Waals surface area contributed by atoms with Crippen molar-refractivity contribution >= 4 is 11.7 Å². The van der Waals surface area contributed by atoms with Gasteiger partial charge < -0.3 is 9.80 Å². The summed E-state index contributed by atoms with van der Waals surface area (Å²) in [5.41, 5.74) is 0. The molecule has 0 unspecified atom stereocenters. The highest BCUT2D eigenvalue weighted by molar-refractivity contribution is 5.78. The van der Waals surface area contributed by atoms with Crippen LogP contribution in [0.1, 0.15) is 90.9 Å². The van der Waals surface area contributed by atoms with E-state index in [0.29, 0.717) is 17.7 Å². The van der Waals surface area contributed by atoms with Crippen molar-refractivity contribution in [3.8, 4) is 0 Å². The number of ketones is 1. The summed E-state index contributed by atoms with van der Waals surface area (Å²) in [5, 5.41) is 0. The van der Waals surface area contributed by atoms with Crippen molar-refractivity contribution in [3.63, 3.8) is 0 Å². The molecule has 2 rings (SSSR count). The molecule has 0 atom stereocenters. The van der Waals surface area contributed by atoms with Crippen LogP contribution in [0.3, 0.4) is 0 Å². The van der Waals surface area contributed by atoms with Gasteiger partial charge in [0, 0.05) is 31.5 Å². The van der Waals surface area contributed by atoms with E-state index in [2.05, 4.69) is 16.7 Å². The van der Waals surface area contributed by atoms with Crippen LogP contribution in [0, 0.1) is 5.92 Å². The van der Waals surface area contributed by atoms with E-state index in [0.717, 1.165) is 64.7 Å². The highest BCUT2D eigenvalue weighted by atomic mass is 16.2. The van der Waals surface area contributed by atoms with Crippen molar-refractivity contribution in [2.24, 2.45) is 5.92 Å². The summed E-state index contributed by atoms with van der Waals surface area (Å²) in [7, 11) is 0. The highest BCUT2D eigenvalue weighted by Crippen LogP contribution is 2.24. The van der Waals surface area contributed by atoms with Crippen molar-refractivity contribution in [2.45, 2.75) is 96.9 Å². The number of piperidine rings is 2. The Balaban J connectivity index is 1.56. The lowest BCUT2D eigenvalue weighted by molar-refractivity contribution is -0.133. The molecule has 150 valence electrons. The van der Waals surface area contributed by atoms with Crippen molar-refractivity contribution in [2.75, 3.05) is 26.2 Å². The smallest absolute Gasteiger partial charge is 0.222 e. The molecule has 2 saturated heterocycles. The van der Waals surface area contributed by atoms with Crippen LogP contribution in [0.25, 0.3) is 0 Å². The quantitative estimate of drug-likeness (QED) is 0.539. The summed E-state index contributed by atoms with van der Waals surface area (Å²) in [6.45, 7) is 7.94. The first-order valence-electron chi connectivity index (χ1n) is 11.1. The summed E-state index contributed by atoms with van der Waals surface area (Å²) in [6.07, 6.45) is 13.9. The van der Waals surface area contributed by atoms with E-state index >= 15 is 0 Å². The van der Waals surface area contributed by atoms with Crippen LogP contribution in [0.2, 0.25) is 0 Å². The number of nitrogens with zero attached hydrogens (tertiary/aromatic N) is 2. The van der Waals surface area contributed by atoms with E-state index in [-0.39, 0.29) is 5.92 Å². The molecule has 0 aromatic rings. The first kappa shape index (κ1) is 21.4. The molecule has 0 bridgehead atoms. The van der Waals surface area contributed by atoms with Crippen LogP contribution in [0.5, 0.6) is 0 Å². The normalized spacial score (nSPS) is 20.5. The number of unbranched alkanes of at least 4 members (excludes halogenated alkanes) is 6. The topological polar surface area (TPSA) is 40.6 Å². The van der Waals surface area contributed by atoms with Gasteiger partial charge in [-0.15, -0.1) is 0 Å². The third kappa shape index (κ3) is 7.02. The highest BCUT2D eigenvalue weighted by Gasteiger charge is 2.30. The van der Waals surface area contributed by atoms with E-state index in [1.54, 1.807) is 6.92 Å². The molecule has 2 aliphatic heterocycles. The SMILES string of the molecule is CCCCCCCCCC(=O)N1CCC(N2CCC(C(C)=O)CC2)CC1. The molecule has 2 fully saturated rings. The maximum Gasteiger partial charge on any atom is 0.222 e. The number of carbonyl (C=O) groups excluding carboxylic acids is 2. The molecule has 0 N–H and O–H groups in total. The van der Waals surface area contributed by atoms with E-state index in [4.69, 9.17) is 0 Å². The van der Waals surface area contributed by atoms with Crippen LogP contribution < -0.4 is 0 Å². The molecular formula is C22H40N2O2. The van der Waals surface area contributed by atoms with E-state index in [9.17, 15) is 9.59 Å². The average Bonchev–Trinajstić information content (AvgIpc) is 2.67. The van der Waals surface area contributed by atoms with Crippen LogP contribution in [0.15, 0.2) is 0 Å². The summed E-state index contributed by atoms with van der Waals surface area (Å²) >= 11 is 0. The number of Topliss-reactive ketones (excluding diaryl/α,β-unsaturated/α-hetero) is 1. The van der Waals surface area contributed by atoms with Crippen LogP contribution >= 0.6 is 0 Å². The molecule has 4 heteroatoms.